The normalized spacial score (nSPS) is 22.4. The summed E-state index contributed by atoms with van der Waals surface area (Å²) in [7, 11) is 1.74. The maximum Gasteiger partial charge on any atom is 0.227 e. The first-order valence-electron chi connectivity index (χ1n) is 5.70. The fourth-order valence-corrected chi connectivity index (χ4v) is 1.75. The van der Waals surface area contributed by atoms with E-state index in [0.717, 1.165) is 0 Å². The highest BCUT2D eigenvalue weighted by atomic mass is 16.3. The van der Waals surface area contributed by atoms with Gasteiger partial charge in [-0.1, -0.05) is 0 Å². The molecule has 2 N–H and O–H groups in total. The number of aliphatic hydroxyl groups excluding tert-OH is 1. The van der Waals surface area contributed by atoms with Crippen LogP contribution >= 0.6 is 0 Å². The third-order valence-electron chi connectivity index (χ3n) is 2.87. The highest BCUT2D eigenvalue weighted by Gasteiger charge is 2.26. The van der Waals surface area contributed by atoms with Gasteiger partial charge in [0.25, 0.3) is 0 Å². The summed E-state index contributed by atoms with van der Waals surface area (Å²) in [5.74, 6) is -0.0203. The Balaban J connectivity index is 2.35. The first-order valence-corrected chi connectivity index (χ1v) is 5.70. The van der Waals surface area contributed by atoms with Crippen LogP contribution in [0, 0.1) is 5.92 Å². The van der Waals surface area contributed by atoms with Crippen molar-refractivity contribution in [3.63, 3.8) is 0 Å². The van der Waals surface area contributed by atoms with Gasteiger partial charge in [0.1, 0.15) is 0 Å². The fraction of sp³-hybridized carbons (Fsp3) is 0.818. The molecule has 0 aliphatic carbocycles. The summed E-state index contributed by atoms with van der Waals surface area (Å²) in [6, 6.07) is 0. The Kier molecular flexibility index (Phi) is 4.73. The van der Waals surface area contributed by atoms with Crippen LogP contribution in [0.25, 0.3) is 0 Å². The number of carbonyl (C=O) groups excluding carboxylic acids is 2. The van der Waals surface area contributed by atoms with Crippen molar-refractivity contribution < 1.29 is 14.7 Å². The van der Waals surface area contributed by atoms with E-state index in [0.29, 0.717) is 32.4 Å². The second-order valence-corrected chi connectivity index (χ2v) is 4.44. The van der Waals surface area contributed by atoms with Gasteiger partial charge in [-0.2, -0.15) is 0 Å². The van der Waals surface area contributed by atoms with Crippen LogP contribution in [-0.2, 0) is 9.59 Å². The smallest absolute Gasteiger partial charge is 0.227 e. The van der Waals surface area contributed by atoms with Gasteiger partial charge in [-0.15, -0.1) is 0 Å². The number of nitrogens with one attached hydrogen (secondary N) is 1. The van der Waals surface area contributed by atoms with Crippen LogP contribution < -0.4 is 5.32 Å². The standard InChI is InChI=1S/C11H20N2O3/c1-8(14)5-6-13(2)11(16)9-3-4-10(15)12-7-9/h8-9,14H,3-7H2,1-2H3,(H,12,15). The molecule has 0 aromatic carbocycles. The molecule has 92 valence electrons. The van der Waals surface area contributed by atoms with E-state index >= 15 is 0 Å². The molecule has 1 saturated heterocycles. The van der Waals surface area contributed by atoms with E-state index in [1.807, 2.05) is 0 Å². The lowest BCUT2D eigenvalue weighted by Gasteiger charge is -2.27. The zero-order valence-electron chi connectivity index (χ0n) is 9.90. The summed E-state index contributed by atoms with van der Waals surface area (Å²) in [5, 5.41) is 11.8. The zero-order valence-corrected chi connectivity index (χ0v) is 9.90. The lowest BCUT2D eigenvalue weighted by molar-refractivity contribution is -0.136. The van der Waals surface area contributed by atoms with Crippen molar-refractivity contribution in [2.75, 3.05) is 20.1 Å². The number of aliphatic hydroxyl groups is 1. The Hall–Kier alpha value is -1.10. The van der Waals surface area contributed by atoms with Crippen molar-refractivity contribution in [3.05, 3.63) is 0 Å². The SMILES string of the molecule is CC(O)CCN(C)C(=O)C1CCC(=O)NC1. The van der Waals surface area contributed by atoms with Gasteiger partial charge in [0.15, 0.2) is 0 Å². The summed E-state index contributed by atoms with van der Waals surface area (Å²) < 4.78 is 0. The average Bonchev–Trinajstić information content (AvgIpc) is 2.26. The Morgan fingerprint density at radius 1 is 1.69 bits per heavy atom. The van der Waals surface area contributed by atoms with Gasteiger partial charge in [0.05, 0.1) is 12.0 Å². The summed E-state index contributed by atoms with van der Waals surface area (Å²) in [5.41, 5.74) is 0. The number of piperidine rings is 1. The lowest BCUT2D eigenvalue weighted by atomic mass is 9.98. The minimum Gasteiger partial charge on any atom is -0.393 e. The van der Waals surface area contributed by atoms with E-state index in [2.05, 4.69) is 5.32 Å². The van der Waals surface area contributed by atoms with Crippen molar-refractivity contribution in [2.24, 2.45) is 5.92 Å². The van der Waals surface area contributed by atoms with E-state index in [4.69, 9.17) is 5.11 Å². The lowest BCUT2D eigenvalue weighted by Crippen LogP contribution is -2.44. The average molecular weight is 228 g/mol. The molecule has 5 heteroatoms. The Labute approximate surface area is 95.8 Å². The summed E-state index contributed by atoms with van der Waals surface area (Å²) in [6.07, 6.45) is 1.26. The number of rotatable bonds is 4. The van der Waals surface area contributed by atoms with Crippen LogP contribution in [0.4, 0.5) is 0 Å². The Bertz CT molecular complexity index is 256. The summed E-state index contributed by atoms with van der Waals surface area (Å²) in [6.45, 7) is 2.71. The first kappa shape index (κ1) is 13.0. The van der Waals surface area contributed by atoms with Crippen molar-refractivity contribution in [1.29, 1.82) is 0 Å². The molecule has 0 saturated carbocycles. The highest BCUT2D eigenvalue weighted by molar-refractivity contribution is 5.83. The molecule has 2 atom stereocenters. The minimum absolute atomic E-state index is 0.0238. The molecule has 0 bridgehead atoms. The molecule has 2 amide bonds. The van der Waals surface area contributed by atoms with Gasteiger partial charge in [0.2, 0.25) is 11.8 Å². The third-order valence-corrected chi connectivity index (χ3v) is 2.87. The fourth-order valence-electron chi connectivity index (χ4n) is 1.75. The quantitative estimate of drug-likeness (QED) is 0.696. The highest BCUT2D eigenvalue weighted by Crippen LogP contribution is 2.13. The predicted molar refractivity (Wildman–Crippen MR) is 59.7 cm³/mol. The first-order chi connectivity index (χ1) is 7.50. The van der Waals surface area contributed by atoms with Crippen molar-refractivity contribution in [2.45, 2.75) is 32.3 Å². The van der Waals surface area contributed by atoms with E-state index in [9.17, 15) is 9.59 Å². The molecule has 0 aromatic heterocycles. The molecule has 0 aromatic rings. The molecule has 0 radical (unpaired) electrons. The molecule has 16 heavy (non-hydrogen) atoms. The Morgan fingerprint density at radius 2 is 2.38 bits per heavy atom. The largest absolute Gasteiger partial charge is 0.393 e. The van der Waals surface area contributed by atoms with Gasteiger partial charge in [0, 0.05) is 26.6 Å². The molecule has 1 fully saturated rings. The van der Waals surface area contributed by atoms with Crippen LogP contribution in [0.1, 0.15) is 26.2 Å². The summed E-state index contributed by atoms with van der Waals surface area (Å²) >= 11 is 0. The van der Waals surface area contributed by atoms with Crippen LogP contribution in [-0.4, -0.2) is 48.1 Å². The Morgan fingerprint density at radius 3 is 2.88 bits per heavy atom. The molecule has 0 spiro atoms. The van der Waals surface area contributed by atoms with Gasteiger partial charge in [-0.25, -0.2) is 0 Å². The number of hydrogen-bond acceptors (Lipinski definition) is 3. The molecule has 1 heterocycles. The van der Waals surface area contributed by atoms with E-state index in [-0.39, 0.29) is 23.8 Å². The van der Waals surface area contributed by atoms with Crippen molar-refractivity contribution in [1.82, 2.24) is 10.2 Å². The number of nitrogens with zero attached hydrogens (tertiary/aromatic N) is 1. The van der Waals surface area contributed by atoms with E-state index in [1.165, 1.54) is 0 Å². The minimum atomic E-state index is -0.388. The van der Waals surface area contributed by atoms with E-state index < -0.39 is 0 Å². The number of amides is 2. The van der Waals surface area contributed by atoms with Crippen LogP contribution in [0.5, 0.6) is 0 Å². The molecule has 1 aliphatic rings. The van der Waals surface area contributed by atoms with Crippen molar-refractivity contribution in [3.8, 4) is 0 Å². The van der Waals surface area contributed by atoms with E-state index in [1.54, 1.807) is 18.9 Å². The predicted octanol–water partition coefficient (Wildman–Crippen LogP) is -0.258. The number of hydrogen-bond donors (Lipinski definition) is 2. The second kappa shape index (κ2) is 5.84. The maximum absolute atomic E-state index is 11.9. The third kappa shape index (κ3) is 3.81. The molecular weight excluding hydrogens is 208 g/mol. The van der Waals surface area contributed by atoms with Gasteiger partial charge < -0.3 is 15.3 Å². The molecular formula is C11H20N2O3. The van der Waals surface area contributed by atoms with Crippen LogP contribution in [0.3, 0.4) is 0 Å². The van der Waals surface area contributed by atoms with Gasteiger partial charge >= 0.3 is 0 Å². The van der Waals surface area contributed by atoms with Crippen LogP contribution in [0.2, 0.25) is 0 Å². The molecule has 1 aliphatic heterocycles. The number of carbonyl (C=O) groups is 2. The molecule has 5 nitrogen and oxygen atoms in total. The van der Waals surface area contributed by atoms with Crippen molar-refractivity contribution >= 4 is 11.8 Å². The second-order valence-electron chi connectivity index (χ2n) is 4.44. The summed E-state index contributed by atoms with van der Waals surface area (Å²) in [4.78, 5) is 24.5. The van der Waals surface area contributed by atoms with Gasteiger partial charge in [-0.3, -0.25) is 9.59 Å². The van der Waals surface area contributed by atoms with Crippen LogP contribution in [0.15, 0.2) is 0 Å². The maximum atomic E-state index is 11.9. The zero-order chi connectivity index (χ0) is 12.1. The molecule has 1 rings (SSSR count). The molecule has 2 unspecified atom stereocenters. The monoisotopic (exact) mass is 228 g/mol. The topological polar surface area (TPSA) is 69.6 Å². The van der Waals surface area contributed by atoms with Gasteiger partial charge in [-0.05, 0) is 19.8 Å².